The maximum Gasteiger partial charge on any atom is 0.302 e. The van der Waals surface area contributed by atoms with Crippen molar-refractivity contribution in [3.8, 4) is 0 Å². The summed E-state index contributed by atoms with van der Waals surface area (Å²) in [7, 11) is 0. The number of allylic oxidation sites excluding steroid dienone is 6. The Morgan fingerprint density at radius 1 is 0.576 bits per heavy atom. The van der Waals surface area contributed by atoms with Gasteiger partial charge in [-0.05, 0) is 123 Å². The molecule has 66 heavy (non-hydrogen) atoms. The predicted molar refractivity (Wildman–Crippen MR) is 252 cm³/mol. The molecule has 4 heterocycles. The topological polar surface area (TPSA) is 89.5 Å². The van der Waals surface area contributed by atoms with Crippen molar-refractivity contribution in [3.05, 3.63) is 45.6 Å². The zero-order valence-electron chi connectivity index (χ0n) is 42.2. The maximum absolute atomic E-state index is 12.5. The summed E-state index contributed by atoms with van der Waals surface area (Å²) in [5.74, 6) is 2.78. The van der Waals surface area contributed by atoms with E-state index in [4.69, 9.17) is 28.4 Å². The van der Waals surface area contributed by atoms with Crippen molar-refractivity contribution >= 4 is 11.9 Å². The van der Waals surface area contributed by atoms with Crippen LogP contribution in [0.15, 0.2) is 45.6 Å². The SMILES string of the molecule is CC(=O)O[C@@H]1CC[C@]2(C)C(=C[C@H]([C@@H]3C=C4C[C@@H](OC(C)=O)CC[C@]4(C)C4=C3[C@@H]3CC5O[C@@]6(CC[C@H](C)CO6)[C@@H](C)[C@@H]5[C@@]3(C)CC4)C3=C2CC[C@]2(C)[C@@H]3CC3O[C@@]4(CC[C@H](C)CO4)[C@H](C)[C@H]32)C1. The maximum atomic E-state index is 12.5. The molecule has 8 heteroatoms. The monoisotopic (exact) mass is 907 g/mol. The third-order valence-corrected chi connectivity index (χ3v) is 22.6. The van der Waals surface area contributed by atoms with Crippen molar-refractivity contribution in [2.75, 3.05) is 13.2 Å². The normalized spacial score (nSPS) is 53.4. The second kappa shape index (κ2) is 15.1. The number of fused-ring (bicyclic) bond motifs is 12. The van der Waals surface area contributed by atoms with Crippen LogP contribution < -0.4 is 0 Å². The lowest BCUT2D eigenvalue weighted by Crippen LogP contribution is -2.50. The van der Waals surface area contributed by atoms with E-state index in [1.165, 1.54) is 36.8 Å². The fourth-order valence-corrected chi connectivity index (χ4v) is 19.2. The van der Waals surface area contributed by atoms with Gasteiger partial charge in [-0.15, -0.1) is 0 Å². The summed E-state index contributed by atoms with van der Waals surface area (Å²) in [5.41, 5.74) is 10.0. The standard InChI is InChI=1S/C58H82O8/c1-31-11-21-57(61-29-31)33(3)51-47(65-57)27-45-49-41(25-37-23-39(63-35(5)59)13-17-53(37,7)43(49)15-19-55(45,51)9)42-26-38-24-40(64-36(6)60)14-18-54(38,8)44-16-20-56(10)46(50(42)44)28-48-52(56)34(4)58(66-48)22-12-32(2)30-62-58/h25-26,31-34,39-42,45-48,51-52H,11-24,27-30H2,1-10H3/t31-,32-,33-,34+,39-,40+,41-,42+,45-,46+,47?,48?,51-,52+,53-,54+,55-,56+,57-,58-/m0/s1. The molecule has 4 saturated carbocycles. The fourth-order valence-electron chi connectivity index (χ4n) is 19.2. The van der Waals surface area contributed by atoms with Crippen LogP contribution in [0.2, 0.25) is 0 Å². The minimum absolute atomic E-state index is 0.0445. The molecule has 12 aliphatic rings. The first-order chi connectivity index (χ1) is 31.3. The van der Waals surface area contributed by atoms with Crippen LogP contribution in [0.5, 0.6) is 0 Å². The van der Waals surface area contributed by atoms with Crippen molar-refractivity contribution in [2.24, 2.45) is 80.8 Å². The summed E-state index contributed by atoms with van der Waals surface area (Å²) in [6.45, 7) is 24.8. The minimum Gasteiger partial charge on any atom is -0.462 e. The molecule has 8 nitrogen and oxygen atoms in total. The Labute approximate surface area is 396 Å². The first-order valence-electron chi connectivity index (χ1n) is 27.2. The highest BCUT2D eigenvalue weighted by Crippen LogP contribution is 2.74. The Hall–Kier alpha value is -2.26. The molecule has 0 bridgehead atoms. The number of hydrogen-bond donors (Lipinski definition) is 0. The number of hydrogen-bond acceptors (Lipinski definition) is 8. The number of esters is 2. The smallest absolute Gasteiger partial charge is 0.302 e. The van der Waals surface area contributed by atoms with E-state index in [2.05, 4.69) is 67.5 Å². The van der Waals surface area contributed by atoms with Crippen LogP contribution in [0.3, 0.4) is 0 Å². The van der Waals surface area contributed by atoms with E-state index in [-0.39, 0.29) is 69.9 Å². The lowest BCUT2D eigenvalue weighted by molar-refractivity contribution is -0.271. The Balaban J connectivity index is 0.992. The van der Waals surface area contributed by atoms with Crippen LogP contribution in [-0.4, -0.2) is 61.1 Å². The van der Waals surface area contributed by atoms with Gasteiger partial charge in [-0.1, -0.05) is 101 Å². The molecule has 4 saturated heterocycles. The van der Waals surface area contributed by atoms with Crippen LogP contribution in [0.1, 0.15) is 172 Å². The van der Waals surface area contributed by atoms with E-state index >= 15 is 0 Å². The molecule has 20 atom stereocenters. The number of carbonyl (C=O) groups is 2. The van der Waals surface area contributed by atoms with Crippen molar-refractivity contribution in [2.45, 2.75) is 208 Å². The van der Waals surface area contributed by atoms with Crippen molar-refractivity contribution in [3.63, 3.8) is 0 Å². The van der Waals surface area contributed by atoms with Crippen LogP contribution in [0.25, 0.3) is 0 Å². The van der Waals surface area contributed by atoms with Crippen LogP contribution >= 0.6 is 0 Å². The molecule has 0 radical (unpaired) electrons. The van der Waals surface area contributed by atoms with Gasteiger partial charge in [0.25, 0.3) is 0 Å². The average Bonchev–Trinajstić information content (AvgIpc) is 3.92. The fraction of sp³-hybridized carbons (Fsp3) is 0.828. The first kappa shape index (κ1) is 44.9. The van der Waals surface area contributed by atoms with Crippen LogP contribution in [-0.2, 0) is 38.0 Å². The van der Waals surface area contributed by atoms with E-state index in [9.17, 15) is 9.59 Å². The van der Waals surface area contributed by atoms with Crippen molar-refractivity contribution < 1.29 is 38.0 Å². The third kappa shape index (κ3) is 6.20. The Kier molecular flexibility index (Phi) is 10.3. The molecule has 0 aromatic rings. The van der Waals surface area contributed by atoms with E-state index in [0.29, 0.717) is 47.3 Å². The van der Waals surface area contributed by atoms with Gasteiger partial charge in [-0.25, -0.2) is 0 Å². The van der Waals surface area contributed by atoms with E-state index in [1.807, 2.05) is 0 Å². The summed E-state index contributed by atoms with van der Waals surface area (Å²) >= 11 is 0. The summed E-state index contributed by atoms with van der Waals surface area (Å²) in [6, 6.07) is 0. The van der Waals surface area contributed by atoms with Gasteiger partial charge in [0, 0.05) is 74.0 Å². The highest BCUT2D eigenvalue weighted by molar-refractivity contribution is 5.66. The second-order valence-corrected chi connectivity index (χ2v) is 26.0. The van der Waals surface area contributed by atoms with Gasteiger partial charge in [0.2, 0.25) is 0 Å². The molecule has 2 unspecified atom stereocenters. The minimum atomic E-state index is -0.451. The van der Waals surface area contributed by atoms with Gasteiger partial charge in [-0.3, -0.25) is 9.59 Å². The van der Waals surface area contributed by atoms with E-state index in [1.54, 1.807) is 36.1 Å². The van der Waals surface area contributed by atoms with Gasteiger partial charge in [0.1, 0.15) is 12.2 Å². The van der Waals surface area contributed by atoms with Gasteiger partial charge in [-0.2, -0.15) is 0 Å². The number of carbonyl (C=O) groups excluding carboxylic acids is 2. The van der Waals surface area contributed by atoms with Gasteiger partial charge in [0.15, 0.2) is 11.6 Å². The summed E-state index contributed by atoms with van der Waals surface area (Å²) in [6.07, 6.45) is 22.3. The Bertz CT molecular complexity index is 2030. The Morgan fingerprint density at radius 3 is 1.35 bits per heavy atom. The lowest BCUT2D eigenvalue weighted by atomic mass is 9.47. The molecule has 2 spiro atoms. The summed E-state index contributed by atoms with van der Waals surface area (Å²) < 4.78 is 40.5. The molecule has 0 amide bonds. The molecule has 4 aliphatic heterocycles. The van der Waals surface area contributed by atoms with Crippen molar-refractivity contribution in [1.82, 2.24) is 0 Å². The summed E-state index contributed by atoms with van der Waals surface area (Å²) in [4.78, 5) is 25.1. The predicted octanol–water partition coefficient (Wildman–Crippen LogP) is 12.2. The molecule has 12 rings (SSSR count). The quantitative estimate of drug-likeness (QED) is 0.204. The molecular weight excluding hydrogens is 825 g/mol. The molecule has 0 N–H and O–H groups in total. The zero-order valence-corrected chi connectivity index (χ0v) is 42.2. The zero-order chi connectivity index (χ0) is 46.1. The Morgan fingerprint density at radius 2 is 0.985 bits per heavy atom. The van der Waals surface area contributed by atoms with Crippen LogP contribution in [0.4, 0.5) is 0 Å². The van der Waals surface area contributed by atoms with Gasteiger partial charge >= 0.3 is 11.9 Å². The molecule has 8 aliphatic carbocycles. The third-order valence-electron chi connectivity index (χ3n) is 22.6. The summed E-state index contributed by atoms with van der Waals surface area (Å²) in [5, 5.41) is 0. The lowest BCUT2D eigenvalue weighted by Gasteiger charge is -2.58. The average molecular weight is 907 g/mol. The molecule has 362 valence electrons. The number of rotatable bonds is 3. The highest BCUT2D eigenvalue weighted by Gasteiger charge is 2.70. The van der Waals surface area contributed by atoms with Gasteiger partial charge < -0.3 is 28.4 Å². The van der Waals surface area contributed by atoms with E-state index < -0.39 is 11.6 Å². The van der Waals surface area contributed by atoms with Crippen molar-refractivity contribution in [1.29, 1.82) is 0 Å². The van der Waals surface area contributed by atoms with E-state index in [0.717, 1.165) is 90.3 Å². The molecule has 0 aromatic carbocycles. The molecule has 0 aromatic heterocycles. The molecule has 8 fully saturated rings. The largest absolute Gasteiger partial charge is 0.462 e. The number of ether oxygens (including phenoxy) is 6. The molecular formula is C58H82O8. The highest BCUT2D eigenvalue weighted by atomic mass is 16.7. The first-order valence-corrected chi connectivity index (χ1v) is 27.2. The van der Waals surface area contributed by atoms with Gasteiger partial charge in [0.05, 0.1) is 25.4 Å². The second-order valence-electron chi connectivity index (χ2n) is 26.0. The van der Waals surface area contributed by atoms with Crippen LogP contribution in [0, 0.1) is 80.8 Å².